The Kier molecular flexibility index (Phi) is 4.35. The van der Waals surface area contributed by atoms with Crippen molar-refractivity contribution >= 4 is 28.6 Å². The van der Waals surface area contributed by atoms with Gasteiger partial charge in [0.05, 0.1) is 6.19 Å². The van der Waals surface area contributed by atoms with Crippen LogP contribution in [0.4, 0.5) is 0 Å². The van der Waals surface area contributed by atoms with Gasteiger partial charge in [-0.1, -0.05) is 78.9 Å². The number of hydrogen-bond donors (Lipinski definition) is 0. The maximum absolute atomic E-state index is 6.29. The Balaban J connectivity index is 2.10. The Morgan fingerprint density at radius 3 is 1.60 bits per heavy atom. The second kappa shape index (κ2) is 6.22. The summed E-state index contributed by atoms with van der Waals surface area (Å²) in [5.41, 5.74) is 0. The van der Waals surface area contributed by atoms with E-state index in [0.717, 1.165) is 13.1 Å². The van der Waals surface area contributed by atoms with Gasteiger partial charge in [0.2, 0.25) is 0 Å². The van der Waals surface area contributed by atoms with Crippen molar-refractivity contribution in [2.75, 3.05) is 13.1 Å². The van der Waals surface area contributed by atoms with E-state index in [1.165, 1.54) is 29.9 Å². The van der Waals surface area contributed by atoms with E-state index >= 15 is 0 Å². The van der Waals surface area contributed by atoms with Crippen LogP contribution in [0.1, 0.15) is 19.3 Å². The van der Waals surface area contributed by atoms with Crippen LogP contribution in [0.5, 0.6) is 0 Å². The molecule has 0 spiro atoms. The van der Waals surface area contributed by atoms with Crippen LogP contribution in [0.2, 0.25) is 0 Å². The summed E-state index contributed by atoms with van der Waals surface area (Å²) in [5.74, 6) is 0. The monoisotopic (exact) mass is 301 g/mol. The van der Waals surface area contributed by atoms with E-state index in [-0.39, 0.29) is 0 Å². The van der Waals surface area contributed by atoms with Gasteiger partial charge in [-0.25, -0.2) is 0 Å². The molecule has 0 aromatic heterocycles. The molecule has 1 heterocycles. The summed E-state index contributed by atoms with van der Waals surface area (Å²) < 4.78 is 2.58. The lowest BCUT2D eigenvalue weighted by Gasteiger charge is -2.38. The minimum atomic E-state index is -1.83. The summed E-state index contributed by atoms with van der Waals surface area (Å²) in [4.78, 5) is 0. The molecule has 20 heavy (non-hydrogen) atoms. The van der Waals surface area contributed by atoms with Crippen molar-refractivity contribution < 1.29 is 0 Å². The van der Waals surface area contributed by atoms with E-state index in [0.29, 0.717) is 0 Å². The fourth-order valence-electron chi connectivity index (χ4n) is 2.89. The molecule has 0 amide bonds. The van der Waals surface area contributed by atoms with Gasteiger partial charge in [0, 0.05) is 23.7 Å². The molecule has 0 aliphatic carbocycles. The van der Waals surface area contributed by atoms with Crippen LogP contribution >= 0.6 is 6.19 Å². The predicted molar refractivity (Wildman–Crippen MR) is 91.9 cm³/mol. The van der Waals surface area contributed by atoms with Crippen LogP contribution in [0.3, 0.4) is 0 Å². The first kappa shape index (κ1) is 14.0. The van der Waals surface area contributed by atoms with Crippen molar-refractivity contribution in [3.05, 3.63) is 60.7 Å². The molecule has 1 nitrogen and oxygen atoms in total. The zero-order chi connectivity index (χ0) is 13.8. The van der Waals surface area contributed by atoms with Crippen LogP contribution in [-0.2, 0) is 11.8 Å². The van der Waals surface area contributed by atoms with Gasteiger partial charge in [-0.2, -0.15) is 0 Å². The highest BCUT2D eigenvalue weighted by Crippen LogP contribution is 2.48. The third-order valence-electron chi connectivity index (χ3n) is 3.94. The highest BCUT2D eigenvalue weighted by atomic mass is 32.4. The van der Waals surface area contributed by atoms with Gasteiger partial charge >= 0.3 is 0 Å². The molecule has 0 atom stereocenters. The topological polar surface area (TPSA) is 3.24 Å². The number of benzene rings is 2. The molecule has 3 rings (SSSR count). The standard InChI is InChI=1S/C17H20NPS/c20-19(16-10-4-1-5-11-16,17-12-6-2-7-13-17)18-14-8-3-9-15-18/h1-2,4-7,10-13H,3,8-9,14-15H2. The summed E-state index contributed by atoms with van der Waals surface area (Å²) in [6.07, 6.45) is 2.06. The summed E-state index contributed by atoms with van der Waals surface area (Å²) in [5, 5.41) is 2.64. The van der Waals surface area contributed by atoms with Gasteiger partial charge in [-0.05, 0) is 12.8 Å². The molecule has 3 heteroatoms. The molecule has 2 aromatic carbocycles. The van der Waals surface area contributed by atoms with Gasteiger partial charge in [0.15, 0.2) is 0 Å². The van der Waals surface area contributed by atoms with E-state index < -0.39 is 6.19 Å². The second-order valence-corrected chi connectivity index (χ2v) is 9.60. The molecule has 0 saturated carbocycles. The summed E-state index contributed by atoms with van der Waals surface area (Å²) in [7, 11) is 0. The minimum absolute atomic E-state index is 1.14. The lowest BCUT2D eigenvalue weighted by atomic mass is 10.2. The number of rotatable bonds is 3. The Hall–Kier alpha value is -0.950. The number of nitrogens with zero attached hydrogens (tertiary/aromatic N) is 1. The molecule has 1 aliphatic heterocycles. The summed E-state index contributed by atoms with van der Waals surface area (Å²) >= 11 is 6.29. The smallest absolute Gasteiger partial charge is 0.0709 e. The van der Waals surface area contributed by atoms with E-state index in [9.17, 15) is 0 Å². The first-order chi connectivity index (χ1) is 9.82. The van der Waals surface area contributed by atoms with Gasteiger partial charge in [0.1, 0.15) is 0 Å². The lowest BCUT2D eigenvalue weighted by molar-refractivity contribution is 0.373. The second-order valence-electron chi connectivity index (χ2n) is 5.26. The molecule has 1 fully saturated rings. The van der Waals surface area contributed by atoms with Crippen LogP contribution in [0, 0.1) is 0 Å². The average molecular weight is 301 g/mol. The average Bonchev–Trinajstić information content (AvgIpc) is 2.56. The van der Waals surface area contributed by atoms with Crippen LogP contribution < -0.4 is 10.6 Å². The highest BCUT2D eigenvalue weighted by Gasteiger charge is 2.30. The van der Waals surface area contributed by atoms with Crippen molar-refractivity contribution in [2.45, 2.75) is 19.3 Å². The third kappa shape index (κ3) is 2.61. The molecule has 1 aliphatic rings. The van der Waals surface area contributed by atoms with Gasteiger partial charge < -0.3 is 0 Å². The van der Waals surface area contributed by atoms with Crippen LogP contribution in [0.15, 0.2) is 60.7 Å². The molecule has 0 unspecified atom stereocenters. The minimum Gasteiger partial charge on any atom is -0.268 e. The van der Waals surface area contributed by atoms with Crippen molar-refractivity contribution in [3.63, 3.8) is 0 Å². The molecule has 0 bridgehead atoms. The zero-order valence-corrected chi connectivity index (χ0v) is 13.3. The van der Waals surface area contributed by atoms with Crippen LogP contribution in [0.25, 0.3) is 0 Å². The zero-order valence-electron chi connectivity index (χ0n) is 11.6. The van der Waals surface area contributed by atoms with Crippen molar-refractivity contribution in [2.24, 2.45) is 0 Å². The van der Waals surface area contributed by atoms with Gasteiger partial charge in [-0.15, -0.1) is 0 Å². The summed E-state index contributed by atoms with van der Waals surface area (Å²) in [6, 6.07) is 21.4. The quantitative estimate of drug-likeness (QED) is 0.798. The van der Waals surface area contributed by atoms with Crippen molar-refractivity contribution in [3.8, 4) is 0 Å². The van der Waals surface area contributed by atoms with Crippen molar-refractivity contribution in [1.29, 1.82) is 0 Å². The molecule has 2 aromatic rings. The number of hydrogen-bond acceptors (Lipinski definition) is 1. The molecular formula is C17H20NPS. The molecule has 104 valence electrons. The normalized spacial score (nSPS) is 17.0. The van der Waals surface area contributed by atoms with E-state index in [1.807, 2.05) is 0 Å². The van der Waals surface area contributed by atoms with E-state index in [2.05, 4.69) is 65.3 Å². The highest BCUT2D eigenvalue weighted by molar-refractivity contribution is 8.20. The van der Waals surface area contributed by atoms with Gasteiger partial charge in [-0.3, -0.25) is 4.67 Å². The number of piperidine rings is 1. The Bertz CT molecular complexity index is 547. The Morgan fingerprint density at radius 2 is 1.15 bits per heavy atom. The van der Waals surface area contributed by atoms with Crippen molar-refractivity contribution in [1.82, 2.24) is 4.67 Å². The molecule has 0 N–H and O–H groups in total. The largest absolute Gasteiger partial charge is 0.268 e. The molecule has 1 saturated heterocycles. The maximum atomic E-state index is 6.29. The SMILES string of the molecule is S=P(c1ccccc1)(c1ccccc1)N1CCCCC1. The predicted octanol–water partition coefficient (Wildman–Crippen LogP) is 3.52. The fourth-order valence-corrected chi connectivity index (χ4v) is 7.06. The van der Waals surface area contributed by atoms with Gasteiger partial charge in [0.25, 0.3) is 0 Å². The first-order valence-corrected chi connectivity index (χ1v) is 10.0. The lowest BCUT2D eigenvalue weighted by Crippen LogP contribution is -2.35. The molecular weight excluding hydrogens is 281 g/mol. The fraction of sp³-hybridized carbons (Fsp3) is 0.294. The summed E-state index contributed by atoms with van der Waals surface area (Å²) in [6.45, 7) is 2.28. The molecule has 0 radical (unpaired) electrons. The van der Waals surface area contributed by atoms with E-state index in [4.69, 9.17) is 11.8 Å². The Labute approximate surface area is 126 Å². The first-order valence-electron chi connectivity index (χ1n) is 7.28. The Morgan fingerprint density at radius 1 is 0.700 bits per heavy atom. The van der Waals surface area contributed by atoms with Crippen LogP contribution in [-0.4, -0.2) is 17.8 Å². The third-order valence-corrected chi connectivity index (χ3v) is 9.09. The maximum Gasteiger partial charge on any atom is 0.0709 e. The van der Waals surface area contributed by atoms with E-state index in [1.54, 1.807) is 0 Å².